The molecule has 2 aliphatic heterocycles. The van der Waals surface area contributed by atoms with E-state index in [2.05, 4.69) is 74.0 Å². The van der Waals surface area contributed by atoms with Crippen LogP contribution in [0.4, 0.5) is 0 Å². The summed E-state index contributed by atoms with van der Waals surface area (Å²) in [6.45, 7) is 12.6. The zero-order valence-corrected chi connectivity index (χ0v) is 15.5. The fraction of sp³-hybridized carbons (Fsp3) is 0.476. The van der Waals surface area contributed by atoms with Gasteiger partial charge in [-0.05, 0) is 51.0 Å². The molecule has 0 bridgehead atoms. The van der Waals surface area contributed by atoms with Crippen molar-refractivity contribution < 1.29 is 0 Å². The summed E-state index contributed by atoms with van der Waals surface area (Å²) in [4.78, 5) is 6.77. The molecular weight excluding hydrogens is 294 g/mol. The minimum absolute atomic E-state index is 0.0841. The normalized spacial score (nSPS) is 20.5. The molecule has 0 fully saturated rings. The van der Waals surface area contributed by atoms with E-state index < -0.39 is 0 Å². The molecule has 0 saturated heterocycles. The van der Waals surface area contributed by atoms with Crippen molar-refractivity contribution in [2.24, 2.45) is 10.4 Å². The zero-order valence-electron chi connectivity index (χ0n) is 15.5. The zero-order chi connectivity index (χ0) is 17.6. The molecule has 130 valence electrons. The van der Waals surface area contributed by atoms with Gasteiger partial charge in [0.05, 0.1) is 11.7 Å². The third-order valence-corrected chi connectivity index (χ3v) is 4.37. The van der Waals surface area contributed by atoms with Gasteiger partial charge in [0.15, 0.2) is 0 Å². The molecule has 3 heteroatoms. The summed E-state index contributed by atoms with van der Waals surface area (Å²) in [5.41, 5.74) is 2.94. The van der Waals surface area contributed by atoms with Gasteiger partial charge in [0, 0.05) is 30.1 Å². The van der Waals surface area contributed by atoms with E-state index >= 15 is 0 Å². The Morgan fingerprint density at radius 1 is 1.42 bits per heavy atom. The first-order chi connectivity index (χ1) is 11.4. The van der Waals surface area contributed by atoms with Crippen LogP contribution in [0.25, 0.3) is 0 Å². The van der Waals surface area contributed by atoms with E-state index in [1.54, 1.807) is 0 Å². The fourth-order valence-corrected chi connectivity index (χ4v) is 2.81. The molecule has 1 atom stereocenters. The molecule has 3 nitrogen and oxygen atoms in total. The number of hydrogen-bond acceptors (Lipinski definition) is 3. The van der Waals surface area contributed by atoms with Crippen molar-refractivity contribution in [3.8, 4) is 0 Å². The number of dihydropyridines is 1. The van der Waals surface area contributed by atoms with E-state index in [0.29, 0.717) is 12.1 Å². The molecule has 0 aromatic heterocycles. The predicted octanol–water partition coefficient (Wildman–Crippen LogP) is 4.93. The monoisotopic (exact) mass is 325 g/mol. The molecule has 0 radical (unpaired) electrons. The lowest BCUT2D eigenvalue weighted by atomic mass is 9.85. The molecule has 0 aliphatic carbocycles. The molecule has 0 saturated carbocycles. The predicted molar refractivity (Wildman–Crippen MR) is 105 cm³/mol. The van der Waals surface area contributed by atoms with Gasteiger partial charge in [0.2, 0.25) is 0 Å². The van der Waals surface area contributed by atoms with Crippen LogP contribution in [0.15, 0.2) is 65.7 Å². The number of aliphatic imine (C=N–C) groups is 1. The maximum Gasteiger partial charge on any atom is 0.0893 e. The minimum Gasteiger partial charge on any atom is -0.379 e. The van der Waals surface area contributed by atoms with Gasteiger partial charge < -0.3 is 10.2 Å². The van der Waals surface area contributed by atoms with Gasteiger partial charge >= 0.3 is 0 Å². The van der Waals surface area contributed by atoms with Crippen molar-refractivity contribution in [3.63, 3.8) is 0 Å². The van der Waals surface area contributed by atoms with Crippen LogP contribution in [0.2, 0.25) is 0 Å². The van der Waals surface area contributed by atoms with E-state index in [0.717, 1.165) is 19.3 Å². The maximum atomic E-state index is 4.42. The molecule has 0 aromatic carbocycles. The molecule has 1 N–H and O–H groups in total. The van der Waals surface area contributed by atoms with Gasteiger partial charge in [-0.3, -0.25) is 4.99 Å². The Kier molecular flexibility index (Phi) is 6.24. The first kappa shape index (κ1) is 18.3. The number of nitrogens with one attached hydrogen (secondary N) is 1. The third kappa shape index (κ3) is 5.26. The lowest BCUT2D eigenvalue weighted by molar-refractivity contribution is 0.440. The van der Waals surface area contributed by atoms with Crippen LogP contribution in [-0.2, 0) is 0 Å². The molecule has 2 rings (SSSR count). The molecule has 2 aliphatic rings. The van der Waals surface area contributed by atoms with Crippen LogP contribution in [0.1, 0.15) is 47.0 Å². The second kappa shape index (κ2) is 8.18. The molecule has 1 unspecified atom stereocenters. The average Bonchev–Trinajstić information content (AvgIpc) is 3.34. The number of nitrogens with zero attached hydrogens (tertiary/aromatic N) is 2. The lowest BCUT2D eigenvalue weighted by Crippen LogP contribution is -2.32. The summed E-state index contributed by atoms with van der Waals surface area (Å²) < 4.78 is 0. The third-order valence-electron chi connectivity index (χ3n) is 4.37. The Morgan fingerprint density at radius 3 is 2.88 bits per heavy atom. The van der Waals surface area contributed by atoms with Gasteiger partial charge in [-0.2, -0.15) is 0 Å². The Hall–Kier alpha value is -2.03. The van der Waals surface area contributed by atoms with E-state index in [4.69, 9.17) is 0 Å². The highest BCUT2D eigenvalue weighted by molar-refractivity contribution is 5.65. The highest BCUT2D eigenvalue weighted by atomic mass is 15.3. The largest absolute Gasteiger partial charge is 0.379 e. The van der Waals surface area contributed by atoms with Gasteiger partial charge in [-0.1, -0.05) is 32.1 Å². The van der Waals surface area contributed by atoms with E-state index in [-0.39, 0.29) is 5.41 Å². The fourth-order valence-electron chi connectivity index (χ4n) is 2.81. The summed E-state index contributed by atoms with van der Waals surface area (Å²) in [5, 5.41) is 3.51. The van der Waals surface area contributed by atoms with Gasteiger partial charge in [-0.25, -0.2) is 0 Å². The van der Waals surface area contributed by atoms with Crippen molar-refractivity contribution in [1.29, 1.82) is 0 Å². The first-order valence-corrected chi connectivity index (χ1v) is 8.86. The highest BCUT2D eigenvalue weighted by Gasteiger charge is 2.33. The molecule has 0 spiro atoms. The molecule has 0 amide bonds. The van der Waals surface area contributed by atoms with Crippen LogP contribution in [0, 0.1) is 5.41 Å². The van der Waals surface area contributed by atoms with Crippen LogP contribution < -0.4 is 5.32 Å². The molecule has 2 heterocycles. The molecular formula is C21H31N3. The van der Waals surface area contributed by atoms with Crippen molar-refractivity contribution in [1.82, 2.24) is 10.2 Å². The summed E-state index contributed by atoms with van der Waals surface area (Å²) in [5.74, 6) is 0. The van der Waals surface area contributed by atoms with Crippen LogP contribution in [0.5, 0.6) is 0 Å². The Bertz CT molecular complexity index is 588. The topological polar surface area (TPSA) is 27.4 Å². The van der Waals surface area contributed by atoms with Crippen LogP contribution >= 0.6 is 0 Å². The summed E-state index contributed by atoms with van der Waals surface area (Å²) in [6.07, 6.45) is 19.5. The average molecular weight is 326 g/mol. The Labute approximate surface area is 147 Å². The van der Waals surface area contributed by atoms with E-state index in [1.807, 2.05) is 24.6 Å². The minimum atomic E-state index is 0.0841. The van der Waals surface area contributed by atoms with Gasteiger partial charge in [-0.15, -0.1) is 6.58 Å². The summed E-state index contributed by atoms with van der Waals surface area (Å²) in [6, 6.07) is 0.873. The van der Waals surface area contributed by atoms with E-state index in [9.17, 15) is 0 Å². The van der Waals surface area contributed by atoms with Crippen molar-refractivity contribution >= 4 is 6.21 Å². The van der Waals surface area contributed by atoms with Crippen molar-refractivity contribution in [2.75, 3.05) is 0 Å². The van der Waals surface area contributed by atoms with Gasteiger partial charge in [0.25, 0.3) is 0 Å². The number of rotatable bonds is 9. The number of hydrogen-bond donors (Lipinski definition) is 1. The summed E-state index contributed by atoms with van der Waals surface area (Å²) >= 11 is 0. The Balaban J connectivity index is 1.89. The number of allylic oxidation sites excluding steroid dienone is 4. The van der Waals surface area contributed by atoms with Gasteiger partial charge in [0.1, 0.15) is 0 Å². The van der Waals surface area contributed by atoms with E-state index in [1.165, 1.54) is 11.3 Å². The first-order valence-electron chi connectivity index (χ1n) is 8.86. The second-order valence-electron chi connectivity index (χ2n) is 7.43. The van der Waals surface area contributed by atoms with Crippen molar-refractivity contribution in [2.45, 2.75) is 59.0 Å². The smallest absolute Gasteiger partial charge is 0.0893 e. The Morgan fingerprint density at radius 2 is 2.21 bits per heavy atom. The van der Waals surface area contributed by atoms with Crippen LogP contribution in [0.3, 0.4) is 0 Å². The standard InChI is InChI=1S/C21H31N3/c1-6-7-8-13-22-16-21(4,5)12-11-18-10-9-14-23-20(18)19-15-24(19)17(2)3/h6,8-10,13-17,20,23H,1,7,11-12H2,2-5H3/b13-8-,22-16-. The highest BCUT2D eigenvalue weighted by Crippen LogP contribution is 2.34. The SMILES string of the molecule is C=CC/C=C\N=C/C(C)(C)CCC1=CC=CNC1C1=CN1C(C)C. The second-order valence-corrected chi connectivity index (χ2v) is 7.43. The lowest BCUT2D eigenvalue weighted by Gasteiger charge is -2.26. The maximum absolute atomic E-state index is 4.42. The summed E-state index contributed by atoms with van der Waals surface area (Å²) in [7, 11) is 0. The molecule has 24 heavy (non-hydrogen) atoms. The van der Waals surface area contributed by atoms with Crippen molar-refractivity contribution in [3.05, 3.63) is 60.8 Å². The quantitative estimate of drug-likeness (QED) is 0.481. The van der Waals surface area contributed by atoms with Crippen LogP contribution in [-0.4, -0.2) is 23.2 Å². The molecule has 0 aromatic rings.